The number of benzene rings is 1. The minimum atomic E-state index is -0.254. The molecule has 0 aliphatic rings. The van der Waals surface area contributed by atoms with Crippen LogP contribution in [0.2, 0.25) is 0 Å². The third-order valence-electron chi connectivity index (χ3n) is 3.30. The van der Waals surface area contributed by atoms with Crippen molar-refractivity contribution in [2.24, 2.45) is 7.05 Å². The van der Waals surface area contributed by atoms with Gasteiger partial charge in [0.05, 0.1) is 6.20 Å². The van der Waals surface area contributed by atoms with Crippen LogP contribution in [0.25, 0.3) is 0 Å². The Kier molecular flexibility index (Phi) is 3.81. The average molecular weight is 282 g/mol. The van der Waals surface area contributed by atoms with Gasteiger partial charge < -0.3 is 5.32 Å². The molecule has 5 heteroatoms. The second kappa shape index (κ2) is 5.41. The lowest BCUT2D eigenvalue weighted by Crippen LogP contribution is -2.16. The fourth-order valence-electron chi connectivity index (χ4n) is 1.97. The summed E-state index contributed by atoms with van der Waals surface area (Å²) >= 11 is 0. The highest BCUT2D eigenvalue weighted by Gasteiger charge is 2.16. The number of amides is 1. The van der Waals surface area contributed by atoms with Crippen LogP contribution in [0.15, 0.2) is 30.5 Å². The number of carbonyl (C=O) groups is 1. The number of anilines is 1. The van der Waals surface area contributed by atoms with Gasteiger partial charge in [-0.1, -0.05) is 32.9 Å². The molecule has 1 aromatic carbocycles. The zero-order chi connectivity index (χ0) is 15.6. The van der Waals surface area contributed by atoms with Gasteiger partial charge in [0.25, 0.3) is 5.91 Å². The summed E-state index contributed by atoms with van der Waals surface area (Å²) in [7, 11) is 1.68. The molecule has 0 bridgehead atoms. The topological polar surface area (TPSA) is 70.7 Å². The van der Waals surface area contributed by atoms with Crippen LogP contribution in [0.5, 0.6) is 0 Å². The third kappa shape index (κ3) is 3.11. The Morgan fingerprint density at radius 2 is 1.90 bits per heavy atom. The summed E-state index contributed by atoms with van der Waals surface area (Å²) in [5, 5.41) is 15.7. The van der Waals surface area contributed by atoms with Gasteiger partial charge in [0.2, 0.25) is 0 Å². The molecule has 0 spiro atoms. The molecule has 2 aromatic rings. The van der Waals surface area contributed by atoms with Crippen LogP contribution in [0.3, 0.4) is 0 Å². The van der Waals surface area contributed by atoms with Crippen LogP contribution >= 0.6 is 0 Å². The van der Waals surface area contributed by atoms with Crippen molar-refractivity contribution in [3.8, 4) is 6.07 Å². The molecule has 108 valence electrons. The predicted molar refractivity (Wildman–Crippen MR) is 81.0 cm³/mol. The molecule has 0 fully saturated rings. The number of nitrogens with zero attached hydrogens (tertiary/aromatic N) is 3. The van der Waals surface area contributed by atoms with Crippen molar-refractivity contribution < 1.29 is 4.79 Å². The van der Waals surface area contributed by atoms with Crippen molar-refractivity contribution in [2.45, 2.75) is 26.2 Å². The highest BCUT2D eigenvalue weighted by molar-refractivity contribution is 6.04. The minimum absolute atomic E-state index is 0.0466. The second-order valence-electron chi connectivity index (χ2n) is 5.92. The fourth-order valence-corrected chi connectivity index (χ4v) is 1.97. The summed E-state index contributed by atoms with van der Waals surface area (Å²) in [6.45, 7) is 6.37. The van der Waals surface area contributed by atoms with Crippen LogP contribution in [-0.4, -0.2) is 15.7 Å². The molecule has 0 atom stereocenters. The Balaban J connectivity index is 2.22. The first-order valence-corrected chi connectivity index (χ1v) is 6.67. The van der Waals surface area contributed by atoms with Crippen molar-refractivity contribution >= 4 is 11.7 Å². The van der Waals surface area contributed by atoms with E-state index in [1.165, 1.54) is 10.9 Å². The molecule has 0 radical (unpaired) electrons. The number of nitriles is 1. The van der Waals surface area contributed by atoms with E-state index in [1.54, 1.807) is 19.2 Å². The maximum atomic E-state index is 12.2. The van der Waals surface area contributed by atoms with Crippen LogP contribution in [0, 0.1) is 11.3 Å². The van der Waals surface area contributed by atoms with E-state index in [4.69, 9.17) is 5.26 Å². The van der Waals surface area contributed by atoms with E-state index in [1.807, 2.05) is 18.2 Å². The number of rotatable bonds is 2. The lowest BCUT2D eigenvalue weighted by Gasteiger charge is -2.19. The highest BCUT2D eigenvalue weighted by atomic mass is 16.1. The fraction of sp³-hybridized carbons (Fsp3) is 0.312. The van der Waals surface area contributed by atoms with E-state index in [9.17, 15) is 4.79 Å². The Hall–Kier alpha value is -2.61. The molecular weight excluding hydrogens is 264 g/mol. The average Bonchev–Trinajstić information content (AvgIpc) is 2.79. The van der Waals surface area contributed by atoms with Crippen molar-refractivity contribution in [3.05, 3.63) is 47.2 Å². The van der Waals surface area contributed by atoms with Crippen molar-refractivity contribution in [2.75, 3.05) is 5.32 Å². The van der Waals surface area contributed by atoms with Gasteiger partial charge in [-0.15, -0.1) is 0 Å². The normalized spacial score (nSPS) is 11.0. The monoisotopic (exact) mass is 282 g/mol. The molecule has 0 aliphatic heterocycles. The van der Waals surface area contributed by atoms with Crippen molar-refractivity contribution in [3.63, 3.8) is 0 Å². The van der Waals surface area contributed by atoms with E-state index >= 15 is 0 Å². The molecule has 1 heterocycles. The summed E-state index contributed by atoms with van der Waals surface area (Å²) in [5.41, 5.74) is 2.10. The highest BCUT2D eigenvalue weighted by Crippen LogP contribution is 2.22. The quantitative estimate of drug-likeness (QED) is 0.920. The molecule has 21 heavy (non-hydrogen) atoms. The summed E-state index contributed by atoms with van der Waals surface area (Å²) in [5.74, 6) is 0.151. The molecule has 1 aromatic heterocycles. The molecule has 5 nitrogen and oxygen atoms in total. The SMILES string of the molecule is Cn1ncc(C#N)c1NC(=O)c1ccc(C(C)(C)C)cc1. The van der Waals surface area contributed by atoms with Crippen molar-refractivity contribution in [1.29, 1.82) is 5.26 Å². The third-order valence-corrected chi connectivity index (χ3v) is 3.30. The summed E-state index contributed by atoms with van der Waals surface area (Å²) in [6.07, 6.45) is 1.43. The molecule has 0 aliphatic carbocycles. The maximum Gasteiger partial charge on any atom is 0.256 e. The number of carbonyl (C=O) groups excluding carboxylic acids is 1. The van der Waals surface area contributed by atoms with E-state index in [0.29, 0.717) is 16.9 Å². The van der Waals surface area contributed by atoms with Crippen LogP contribution in [-0.2, 0) is 12.5 Å². The summed E-state index contributed by atoms with van der Waals surface area (Å²) < 4.78 is 1.47. The first-order chi connectivity index (χ1) is 9.82. The van der Waals surface area contributed by atoms with E-state index in [-0.39, 0.29) is 11.3 Å². The van der Waals surface area contributed by atoms with Gasteiger partial charge in [-0.2, -0.15) is 10.4 Å². The Bertz CT molecular complexity index is 699. The number of hydrogen-bond donors (Lipinski definition) is 1. The predicted octanol–water partition coefficient (Wildman–Crippen LogP) is 2.84. The number of nitrogens with one attached hydrogen (secondary N) is 1. The van der Waals surface area contributed by atoms with Gasteiger partial charge in [0.15, 0.2) is 0 Å². The van der Waals surface area contributed by atoms with Gasteiger partial charge in [-0.05, 0) is 23.1 Å². The molecule has 0 saturated heterocycles. The summed E-state index contributed by atoms with van der Waals surface area (Å²) in [4.78, 5) is 12.2. The van der Waals surface area contributed by atoms with Crippen LogP contribution in [0.1, 0.15) is 42.3 Å². The number of aromatic nitrogens is 2. The first kappa shape index (κ1) is 14.8. The Morgan fingerprint density at radius 3 is 2.43 bits per heavy atom. The summed E-state index contributed by atoms with van der Waals surface area (Å²) in [6, 6.07) is 9.48. The van der Waals surface area contributed by atoms with Gasteiger partial charge in [0, 0.05) is 12.6 Å². The Morgan fingerprint density at radius 1 is 1.29 bits per heavy atom. The van der Waals surface area contributed by atoms with Crippen LogP contribution in [0.4, 0.5) is 5.82 Å². The van der Waals surface area contributed by atoms with Gasteiger partial charge in [0.1, 0.15) is 17.5 Å². The zero-order valence-electron chi connectivity index (χ0n) is 12.6. The van der Waals surface area contributed by atoms with Gasteiger partial charge in [-0.3, -0.25) is 9.48 Å². The molecule has 2 rings (SSSR count). The molecule has 1 amide bonds. The smallest absolute Gasteiger partial charge is 0.256 e. The lowest BCUT2D eigenvalue weighted by molar-refractivity contribution is 0.102. The molecule has 0 unspecified atom stereocenters. The van der Waals surface area contributed by atoms with E-state index in [0.717, 1.165) is 5.56 Å². The van der Waals surface area contributed by atoms with Crippen molar-refractivity contribution in [1.82, 2.24) is 9.78 Å². The standard InChI is InChI=1S/C16H18N4O/c1-16(2,3)13-7-5-11(6-8-13)15(21)19-14-12(9-17)10-18-20(14)4/h5-8,10H,1-4H3,(H,19,21). The lowest BCUT2D eigenvalue weighted by atomic mass is 9.87. The second-order valence-corrected chi connectivity index (χ2v) is 5.92. The van der Waals surface area contributed by atoms with E-state index in [2.05, 4.69) is 31.2 Å². The Labute approximate surface area is 124 Å². The number of aryl methyl sites for hydroxylation is 1. The largest absolute Gasteiger partial charge is 0.306 e. The molecule has 1 N–H and O–H groups in total. The maximum absolute atomic E-state index is 12.2. The van der Waals surface area contributed by atoms with E-state index < -0.39 is 0 Å². The van der Waals surface area contributed by atoms with Crippen LogP contribution < -0.4 is 5.32 Å². The first-order valence-electron chi connectivity index (χ1n) is 6.67. The number of hydrogen-bond acceptors (Lipinski definition) is 3. The van der Waals surface area contributed by atoms with Gasteiger partial charge >= 0.3 is 0 Å². The van der Waals surface area contributed by atoms with Gasteiger partial charge in [-0.25, -0.2) is 0 Å². The minimum Gasteiger partial charge on any atom is -0.306 e. The molecule has 0 saturated carbocycles. The molecular formula is C16H18N4O. The zero-order valence-corrected chi connectivity index (χ0v) is 12.6.